The summed E-state index contributed by atoms with van der Waals surface area (Å²) in [6, 6.07) is 0. The van der Waals surface area contributed by atoms with E-state index in [-0.39, 0.29) is 5.17 Å². The van der Waals surface area contributed by atoms with Gasteiger partial charge in [-0.3, -0.25) is 0 Å². The fraction of sp³-hybridized carbons (Fsp3) is 0.875. The van der Waals surface area contributed by atoms with Crippen LogP contribution < -0.4 is 5.73 Å². The average Bonchev–Trinajstić information content (AvgIpc) is 2.04. The van der Waals surface area contributed by atoms with Gasteiger partial charge in [0, 0.05) is 6.42 Å². The van der Waals surface area contributed by atoms with Crippen LogP contribution in [-0.4, -0.2) is 24.4 Å². The van der Waals surface area contributed by atoms with Crippen LogP contribution in [0.3, 0.4) is 0 Å². The molecule has 0 radical (unpaired) electrons. The minimum absolute atomic E-state index is 0.0660. The van der Waals surface area contributed by atoms with E-state index in [4.69, 9.17) is 19.9 Å². The maximum atomic E-state index is 5.32. The molecule has 4 nitrogen and oxygen atoms in total. The first kappa shape index (κ1) is 12.6. The lowest BCUT2D eigenvalue weighted by atomic mass is 10.4. The van der Waals surface area contributed by atoms with Crippen molar-refractivity contribution >= 4 is 17.4 Å². The molecule has 5 heteroatoms. The third-order valence-corrected chi connectivity index (χ3v) is 1.50. The number of rotatable bonds is 6. The predicted molar refractivity (Wildman–Crippen MR) is 54.1 cm³/mol. The van der Waals surface area contributed by atoms with E-state index in [1.807, 2.05) is 20.8 Å². The van der Waals surface area contributed by atoms with E-state index in [9.17, 15) is 0 Å². The Morgan fingerprint density at radius 3 is 1.92 bits per heavy atom. The quantitative estimate of drug-likeness (QED) is 0.527. The third kappa shape index (κ3) is 4.40. The van der Waals surface area contributed by atoms with Crippen molar-refractivity contribution in [3.05, 3.63) is 0 Å². The summed E-state index contributed by atoms with van der Waals surface area (Å²) in [5.74, 6) is -1.10. The van der Waals surface area contributed by atoms with E-state index in [0.717, 1.165) is 0 Å². The second-order valence-corrected chi connectivity index (χ2v) is 2.73. The van der Waals surface area contributed by atoms with E-state index in [1.165, 1.54) is 0 Å². The number of ether oxygens (including phenoxy) is 3. The molecule has 0 fully saturated rings. The summed E-state index contributed by atoms with van der Waals surface area (Å²) < 4.78 is 15.8. The molecular weight excluding hydrogens is 190 g/mol. The maximum absolute atomic E-state index is 5.32. The Morgan fingerprint density at radius 2 is 1.69 bits per heavy atom. The molecular formula is C8H17NO3S. The van der Waals surface area contributed by atoms with Crippen LogP contribution in [0.2, 0.25) is 0 Å². The normalized spacial score (nSPS) is 11.3. The predicted octanol–water partition coefficient (Wildman–Crippen LogP) is 1.38. The molecule has 0 heterocycles. The number of hydrogen-bond acceptors (Lipinski definition) is 4. The van der Waals surface area contributed by atoms with Gasteiger partial charge in [-0.05, 0) is 26.1 Å². The molecule has 13 heavy (non-hydrogen) atoms. The Kier molecular flexibility index (Phi) is 5.94. The van der Waals surface area contributed by atoms with E-state index >= 15 is 0 Å². The highest BCUT2D eigenvalue weighted by molar-refractivity contribution is 7.80. The van der Waals surface area contributed by atoms with Crippen LogP contribution in [0.5, 0.6) is 0 Å². The molecule has 0 unspecified atom stereocenters. The highest BCUT2D eigenvalue weighted by atomic mass is 32.1. The molecule has 2 N–H and O–H groups in total. The first-order valence-electron chi connectivity index (χ1n) is 4.36. The molecule has 0 bridgehead atoms. The Morgan fingerprint density at radius 1 is 1.23 bits per heavy atom. The second kappa shape index (κ2) is 6.12. The van der Waals surface area contributed by atoms with Crippen LogP contribution in [-0.2, 0) is 14.2 Å². The second-order valence-electron chi connectivity index (χ2n) is 2.32. The molecule has 78 valence electrons. The van der Waals surface area contributed by atoms with Gasteiger partial charge in [0.2, 0.25) is 0 Å². The summed E-state index contributed by atoms with van der Waals surface area (Å²) in [7, 11) is 0. The van der Waals surface area contributed by atoms with Gasteiger partial charge in [-0.25, -0.2) is 0 Å². The molecule has 0 atom stereocenters. The fourth-order valence-corrected chi connectivity index (χ4v) is 1.10. The number of hydrogen-bond donors (Lipinski definition) is 1. The van der Waals surface area contributed by atoms with E-state index in [1.54, 1.807) is 0 Å². The van der Waals surface area contributed by atoms with Crippen LogP contribution >= 0.6 is 12.2 Å². The molecule has 0 aromatic carbocycles. The Labute approximate surface area is 84.3 Å². The monoisotopic (exact) mass is 207 g/mol. The van der Waals surface area contributed by atoms with Gasteiger partial charge in [0.25, 0.3) is 5.17 Å². The first-order chi connectivity index (χ1) is 6.10. The summed E-state index contributed by atoms with van der Waals surface area (Å²) in [6.45, 7) is 6.55. The molecule has 0 spiro atoms. The van der Waals surface area contributed by atoms with Gasteiger partial charge in [0.05, 0.1) is 13.2 Å². The summed E-state index contributed by atoms with van der Waals surface area (Å²) in [5.41, 5.74) is 5.26. The lowest BCUT2D eigenvalue weighted by Gasteiger charge is -2.30. The molecule has 0 rings (SSSR count). The first-order valence-corrected chi connectivity index (χ1v) is 4.77. The summed E-state index contributed by atoms with van der Waals surface area (Å²) in [6.07, 6.45) is 0.534. The summed E-state index contributed by atoms with van der Waals surface area (Å²) in [4.78, 5) is 0. The largest absolute Gasteiger partial charge is 0.414 e. The molecule has 0 aliphatic carbocycles. The minimum atomic E-state index is -1.10. The summed E-state index contributed by atoms with van der Waals surface area (Å²) >= 11 is 4.63. The molecule has 0 amide bonds. The van der Waals surface area contributed by atoms with Crippen LogP contribution in [0.1, 0.15) is 27.2 Å². The molecule has 0 aromatic heterocycles. The van der Waals surface area contributed by atoms with Crippen LogP contribution in [0.4, 0.5) is 0 Å². The van der Waals surface area contributed by atoms with Crippen molar-refractivity contribution in [3.8, 4) is 0 Å². The zero-order chi connectivity index (χ0) is 10.3. The average molecular weight is 207 g/mol. The fourth-order valence-electron chi connectivity index (χ4n) is 0.970. The van der Waals surface area contributed by atoms with Crippen molar-refractivity contribution in [3.63, 3.8) is 0 Å². The van der Waals surface area contributed by atoms with Crippen LogP contribution in [0.15, 0.2) is 0 Å². The van der Waals surface area contributed by atoms with Crippen molar-refractivity contribution in [2.45, 2.75) is 33.2 Å². The number of nitrogens with two attached hydrogens (primary N) is 1. The van der Waals surface area contributed by atoms with Crippen molar-refractivity contribution in [2.24, 2.45) is 5.73 Å². The van der Waals surface area contributed by atoms with Crippen LogP contribution in [0.25, 0.3) is 0 Å². The highest BCUT2D eigenvalue weighted by Gasteiger charge is 2.32. The standard InChI is InChI=1S/C8H17NO3S/c1-4-8(10-5-2,11-6-3)12-7(9)13/h4-6H2,1-3H3,(H2,9,13). The molecule has 0 saturated heterocycles. The van der Waals surface area contributed by atoms with E-state index in [0.29, 0.717) is 19.6 Å². The summed E-state index contributed by atoms with van der Waals surface area (Å²) in [5, 5.41) is -0.0660. The van der Waals surface area contributed by atoms with Gasteiger partial charge in [-0.2, -0.15) is 0 Å². The molecule has 0 aliphatic heterocycles. The Balaban J connectivity index is 4.33. The van der Waals surface area contributed by atoms with E-state index < -0.39 is 5.97 Å². The van der Waals surface area contributed by atoms with Gasteiger partial charge >= 0.3 is 5.97 Å². The number of thiocarbonyl (C=S) groups is 1. The molecule has 0 aliphatic rings. The van der Waals surface area contributed by atoms with Crippen molar-refractivity contribution < 1.29 is 14.2 Å². The zero-order valence-electron chi connectivity index (χ0n) is 8.33. The zero-order valence-corrected chi connectivity index (χ0v) is 9.15. The van der Waals surface area contributed by atoms with Crippen molar-refractivity contribution in [1.29, 1.82) is 0 Å². The Bertz CT molecular complexity index is 157. The lowest BCUT2D eigenvalue weighted by molar-refractivity contribution is -0.348. The lowest BCUT2D eigenvalue weighted by Crippen LogP contribution is -2.42. The van der Waals surface area contributed by atoms with Crippen molar-refractivity contribution in [2.75, 3.05) is 13.2 Å². The van der Waals surface area contributed by atoms with Gasteiger partial charge in [-0.1, -0.05) is 6.92 Å². The van der Waals surface area contributed by atoms with Crippen molar-refractivity contribution in [1.82, 2.24) is 0 Å². The Hall–Kier alpha value is -0.390. The van der Waals surface area contributed by atoms with Gasteiger partial charge in [-0.15, -0.1) is 0 Å². The minimum Gasteiger partial charge on any atom is -0.414 e. The maximum Gasteiger partial charge on any atom is 0.328 e. The van der Waals surface area contributed by atoms with Gasteiger partial charge < -0.3 is 19.9 Å². The topological polar surface area (TPSA) is 53.7 Å². The van der Waals surface area contributed by atoms with Gasteiger partial charge in [0.15, 0.2) is 0 Å². The molecule has 0 aromatic rings. The SMILES string of the molecule is CCOC(CC)(OCC)OC(N)=S. The molecule has 0 saturated carbocycles. The third-order valence-electron chi connectivity index (χ3n) is 1.42. The van der Waals surface area contributed by atoms with Crippen LogP contribution in [0, 0.1) is 0 Å². The highest BCUT2D eigenvalue weighted by Crippen LogP contribution is 2.19. The van der Waals surface area contributed by atoms with Gasteiger partial charge in [0.1, 0.15) is 0 Å². The van der Waals surface area contributed by atoms with E-state index in [2.05, 4.69) is 12.2 Å². The smallest absolute Gasteiger partial charge is 0.328 e.